The molecule has 0 saturated heterocycles. The van der Waals surface area contributed by atoms with Gasteiger partial charge in [-0.3, -0.25) is 0 Å². The number of aryl methyl sites for hydroxylation is 1. The van der Waals surface area contributed by atoms with Crippen LogP contribution in [0.4, 0.5) is 10.1 Å². The first-order chi connectivity index (χ1) is 13.7. The lowest BCUT2D eigenvalue weighted by Gasteiger charge is -2.10. The van der Waals surface area contributed by atoms with Gasteiger partial charge >= 0.3 is 0 Å². The van der Waals surface area contributed by atoms with Crippen molar-refractivity contribution in [1.82, 2.24) is 14.1 Å². The zero-order chi connectivity index (χ0) is 19.3. The van der Waals surface area contributed by atoms with Crippen LogP contribution < -0.4 is 4.80 Å². The number of rotatable bonds is 6. The van der Waals surface area contributed by atoms with E-state index < -0.39 is 0 Å². The molecule has 0 spiro atoms. The molecule has 0 radical (unpaired) electrons. The van der Waals surface area contributed by atoms with Gasteiger partial charge in [-0.25, -0.2) is 14.4 Å². The molecule has 0 bridgehead atoms. The minimum atomic E-state index is -0.325. The van der Waals surface area contributed by atoms with Gasteiger partial charge in [0.05, 0.1) is 12.0 Å². The van der Waals surface area contributed by atoms with Gasteiger partial charge in [0.2, 0.25) is 0 Å². The molecule has 28 heavy (non-hydrogen) atoms. The first kappa shape index (κ1) is 18.7. The Morgan fingerprint density at radius 2 is 1.89 bits per heavy atom. The van der Waals surface area contributed by atoms with Crippen molar-refractivity contribution in [3.63, 3.8) is 0 Å². The standard InChI is InChI=1S/C21H18ClFN4S/c22-17-8-6-16(7-9-17)20-14-28-21(25-19-5-2-1-4-18(19)23)27(20)12-3-11-26-13-10-24-15-26/h1-2,4-10,13-15H,3,11-12H2. The average molecular weight is 413 g/mol. The fourth-order valence-corrected chi connectivity index (χ4v) is 4.04. The van der Waals surface area contributed by atoms with Crippen molar-refractivity contribution in [2.24, 2.45) is 4.99 Å². The predicted molar refractivity (Wildman–Crippen MR) is 111 cm³/mol. The van der Waals surface area contributed by atoms with Gasteiger partial charge in [0, 0.05) is 35.9 Å². The maximum atomic E-state index is 14.1. The third-order valence-corrected chi connectivity index (χ3v) is 5.48. The summed E-state index contributed by atoms with van der Waals surface area (Å²) in [6, 6.07) is 14.3. The first-order valence-corrected chi connectivity index (χ1v) is 10.2. The van der Waals surface area contributed by atoms with E-state index in [4.69, 9.17) is 11.6 Å². The van der Waals surface area contributed by atoms with Crippen LogP contribution in [0.3, 0.4) is 0 Å². The highest BCUT2D eigenvalue weighted by Crippen LogP contribution is 2.23. The number of hydrogen-bond acceptors (Lipinski definition) is 3. The van der Waals surface area contributed by atoms with Crippen molar-refractivity contribution in [3.8, 4) is 11.3 Å². The van der Waals surface area contributed by atoms with E-state index in [0.717, 1.165) is 35.6 Å². The Kier molecular flexibility index (Phi) is 5.69. The largest absolute Gasteiger partial charge is 0.337 e. The normalized spacial score (nSPS) is 11.9. The number of thiazole rings is 1. The second-order valence-electron chi connectivity index (χ2n) is 6.28. The molecule has 4 rings (SSSR count). The molecule has 0 fully saturated rings. The maximum absolute atomic E-state index is 14.1. The van der Waals surface area contributed by atoms with E-state index >= 15 is 0 Å². The number of aromatic nitrogens is 3. The van der Waals surface area contributed by atoms with Crippen LogP contribution in [0.15, 0.2) is 77.6 Å². The molecule has 0 atom stereocenters. The maximum Gasteiger partial charge on any atom is 0.190 e. The van der Waals surface area contributed by atoms with Gasteiger partial charge in [-0.1, -0.05) is 35.9 Å². The van der Waals surface area contributed by atoms with Crippen molar-refractivity contribution in [2.45, 2.75) is 19.5 Å². The van der Waals surface area contributed by atoms with Gasteiger partial charge in [-0.15, -0.1) is 11.3 Å². The van der Waals surface area contributed by atoms with Gasteiger partial charge in [-0.05, 0) is 36.2 Å². The third-order valence-electron chi connectivity index (χ3n) is 4.36. The highest BCUT2D eigenvalue weighted by Gasteiger charge is 2.09. The smallest absolute Gasteiger partial charge is 0.190 e. The van der Waals surface area contributed by atoms with Crippen LogP contribution in [0, 0.1) is 5.82 Å². The number of benzene rings is 2. The Labute approximate surface area is 171 Å². The molecule has 4 nitrogen and oxygen atoms in total. The molecule has 0 aliphatic rings. The summed E-state index contributed by atoms with van der Waals surface area (Å²) in [5, 5.41) is 2.75. The number of imidazole rings is 1. The number of nitrogens with zero attached hydrogens (tertiary/aromatic N) is 4. The summed E-state index contributed by atoms with van der Waals surface area (Å²) in [4.78, 5) is 9.43. The first-order valence-electron chi connectivity index (χ1n) is 8.90. The summed E-state index contributed by atoms with van der Waals surface area (Å²) in [7, 11) is 0. The second-order valence-corrected chi connectivity index (χ2v) is 7.55. The Hall–Kier alpha value is -2.70. The van der Waals surface area contributed by atoms with Crippen LogP contribution in [-0.2, 0) is 13.1 Å². The van der Waals surface area contributed by atoms with E-state index in [0.29, 0.717) is 10.7 Å². The SMILES string of the molecule is Fc1ccccc1N=c1scc(-c2ccc(Cl)cc2)n1CCCn1ccnc1. The number of para-hydroxylation sites is 1. The fourth-order valence-electron chi connectivity index (χ4n) is 2.96. The summed E-state index contributed by atoms with van der Waals surface area (Å²) in [6.07, 6.45) is 6.43. The van der Waals surface area contributed by atoms with Crippen molar-refractivity contribution in [2.75, 3.05) is 0 Å². The fraction of sp³-hybridized carbons (Fsp3) is 0.143. The molecule has 0 N–H and O–H groups in total. The lowest BCUT2D eigenvalue weighted by Crippen LogP contribution is -2.17. The van der Waals surface area contributed by atoms with Crippen molar-refractivity contribution in [1.29, 1.82) is 0 Å². The summed E-state index contributed by atoms with van der Waals surface area (Å²) >= 11 is 7.54. The number of halogens is 2. The Morgan fingerprint density at radius 3 is 2.64 bits per heavy atom. The van der Waals surface area contributed by atoms with Crippen molar-refractivity contribution in [3.05, 3.63) is 88.3 Å². The molecule has 0 saturated carbocycles. The molecule has 0 aliphatic carbocycles. The van der Waals surface area contributed by atoms with Crippen LogP contribution in [-0.4, -0.2) is 14.1 Å². The van der Waals surface area contributed by atoms with Crippen molar-refractivity contribution >= 4 is 28.6 Å². The van der Waals surface area contributed by atoms with Crippen LogP contribution in [0.5, 0.6) is 0 Å². The monoisotopic (exact) mass is 412 g/mol. The zero-order valence-corrected chi connectivity index (χ0v) is 16.6. The Bertz CT molecular complexity index is 1110. The van der Waals surface area contributed by atoms with E-state index in [1.165, 1.54) is 17.4 Å². The van der Waals surface area contributed by atoms with E-state index in [9.17, 15) is 4.39 Å². The predicted octanol–water partition coefficient (Wildman–Crippen LogP) is 5.53. The molecule has 2 heterocycles. The third kappa shape index (κ3) is 4.24. The van der Waals surface area contributed by atoms with Crippen LogP contribution in [0.2, 0.25) is 5.02 Å². The summed E-state index contributed by atoms with van der Waals surface area (Å²) in [6.45, 7) is 1.61. The Morgan fingerprint density at radius 1 is 1.07 bits per heavy atom. The van der Waals surface area contributed by atoms with Gasteiger partial charge in [-0.2, -0.15) is 0 Å². The molecular formula is C21H18ClFN4S. The zero-order valence-electron chi connectivity index (χ0n) is 15.0. The van der Waals surface area contributed by atoms with E-state index in [1.807, 2.05) is 41.4 Å². The van der Waals surface area contributed by atoms with Crippen LogP contribution >= 0.6 is 22.9 Å². The van der Waals surface area contributed by atoms with Crippen LogP contribution in [0.1, 0.15) is 6.42 Å². The van der Waals surface area contributed by atoms with Gasteiger partial charge in [0.25, 0.3) is 0 Å². The minimum absolute atomic E-state index is 0.325. The quantitative estimate of drug-likeness (QED) is 0.410. The van der Waals surface area contributed by atoms with E-state index in [1.54, 1.807) is 24.4 Å². The molecule has 0 amide bonds. The highest BCUT2D eigenvalue weighted by molar-refractivity contribution is 7.07. The van der Waals surface area contributed by atoms with Gasteiger partial charge in [0.15, 0.2) is 4.80 Å². The average Bonchev–Trinajstić information content (AvgIpc) is 3.35. The lowest BCUT2D eigenvalue weighted by molar-refractivity contribution is 0.558. The molecule has 2 aromatic heterocycles. The summed E-state index contributed by atoms with van der Waals surface area (Å²) in [5.41, 5.74) is 2.44. The van der Waals surface area contributed by atoms with Gasteiger partial charge in [0.1, 0.15) is 11.5 Å². The molecule has 0 unspecified atom stereocenters. The Balaban J connectivity index is 1.71. The van der Waals surface area contributed by atoms with Gasteiger partial charge < -0.3 is 9.13 Å². The van der Waals surface area contributed by atoms with Crippen LogP contribution in [0.25, 0.3) is 11.3 Å². The topological polar surface area (TPSA) is 35.1 Å². The molecule has 4 aromatic rings. The minimum Gasteiger partial charge on any atom is -0.337 e. The highest BCUT2D eigenvalue weighted by atomic mass is 35.5. The molecular weight excluding hydrogens is 395 g/mol. The molecule has 7 heteroatoms. The van der Waals surface area contributed by atoms with Crippen molar-refractivity contribution < 1.29 is 4.39 Å². The summed E-state index contributed by atoms with van der Waals surface area (Å²) in [5.74, 6) is -0.325. The van der Waals surface area contributed by atoms with E-state index in [2.05, 4.69) is 19.9 Å². The molecule has 2 aromatic carbocycles. The number of hydrogen-bond donors (Lipinski definition) is 0. The summed E-state index contributed by atoms with van der Waals surface area (Å²) < 4.78 is 18.3. The second kappa shape index (κ2) is 8.54. The lowest BCUT2D eigenvalue weighted by atomic mass is 10.2. The molecule has 142 valence electrons. The van der Waals surface area contributed by atoms with E-state index in [-0.39, 0.29) is 5.82 Å². The molecule has 0 aliphatic heterocycles.